The van der Waals surface area contributed by atoms with Gasteiger partial charge < -0.3 is 14.7 Å². The Bertz CT molecular complexity index is 544. The highest BCUT2D eigenvalue weighted by Gasteiger charge is 2.25. The normalized spacial score (nSPS) is 18.6. The number of hydrogen-bond donors (Lipinski definition) is 1. The molecule has 1 saturated heterocycles. The van der Waals surface area contributed by atoms with Crippen molar-refractivity contribution in [1.82, 2.24) is 4.90 Å². The monoisotopic (exact) mass is 355 g/mol. The number of carbonyl (C=O) groups is 2. The summed E-state index contributed by atoms with van der Waals surface area (Å²) in [6.45, 7) is 3.70. The second-order valence-electron chi connectivity index (χ2n) is 5.07. The molecule has 0 aliphatic carbocycles. The fourth-order valence-electron chi connectivity index (χ4n) is 2.42. The second kappa shape index (κ2) is 7.04. The van der Waals surface area contributed by atoms with E-state index in [0.717, 1.165) is 12.8 Å². The maximum absolute atomic E-state index is 12.5. The number of carboxylic acids is 1. The number of carbonyl (C=O) groups excluding carboxylic acids is 1. The maximum atomic E-state index is 12.5. The highest BCUT2D eigenvalue weighted by Crippen LogP contribution is 2.19. The molecule has 2 rings (SSSR count). The molecule has 1 unspecified atom stereocenters. The Kier molecular flexibility index (Phi) is 5.36. The van der Waals surface area contributed by atoms with Gasteiger partial charge in [0, 0.05) is 23.1 Å². The van der Waals surface area contributed by atoms with Crippen molar-refractivity contribution in [1.29, 1.82) is 0 Å². The quantitative estimate of drug-likeness (QED) is 0.901. The molecule has 1 amide bonds. The van der Waals surface area contributed by atoms with Crippen LogP contribution in [0.15, 0.2) is 22.7 Å². The summed E-state index contributed by atoms with van der Waals surface area (Å²) in [5, 5.41) is 9.07. The van der Waals surface area contributed by atoms with Crippen LogP contribution in [0.4, 0.5) is 0 Å². The molecule has 0 radical (unpaired) electrons. The number of amides is 1. The molecule has 0 saturated carbocycles. The zero-order valence-electron chi connectivity index (χ0n) is 11.8. The first kappa shape index (κ1) is 16.0. The number of aromatic carboxylic acids is 1. The minimum absolute atomic E-state index is 0.0683. The van der Waals surface area contributed by atoms with Crippen molar-refractivity contribution in [2.45, 2.75) is 25.9 Å². The van der Waals surface area contributed by atoms with Gasteiger partial charge in [-0.15, -0.1) is 0 Å². The average Bonchev–Trinajstić information content (AvgIpc) is 2.46. The fraction of sp³-hybridized carbons (Fsp3) is 0.467. The Labute approximate surface area is 132 Å². The summed E-state index contributed by atoms with van der Waals surface area (Å²) < 4.78 is 6.21. The maximum Gasteiger partial charge on any atom is 0.335 e. The van der Waals surface area contributed by atoms with E-state index in [1.165, 1.54) is 12.1 Å². The van der Waals surface area contributed by atoms with Crippen LogP contribution >= 0.6 is 15.9 Å². The lowest BCUT2D eigenvalue weighted by molar-refractivity contribution is -0.0250. The average molecular weight is 356 g/mol. The molecule has 1 heterocycles. The van der Waals surface area contributed by atoms with Gasteiger partial charge in [0.2, 0.25) is 0 Å². The molecule has 1 aliphatic heterocycles. The molecule has 5 nitrogen and oxygen atoms in total. The van der Waals surface area contributed by atoms with Crippen molar-refractivity contribution in [2.75, 3.05) is 19.7 Å². The number of nitrogens with zero attached hydrogens (tertiary/aromatic N) is 1. The Morgan fingerprint density at radius 1 is 1.38 bits per heavy atom. The topological polar surface area (TPSA) is 66.8 Å². The molecule has 1 N–H and O–H groups in total. The lowest BCUT2D eigenvalue weighted by Gasteiger charge is -2.33. The van der Waals surface area contributed by atoms with Crippen molar-refractivity contribution in [3.8, 4) is 0 Å². The van der Waals surface area contributed by atoms with E-state index in [9.17, 15) is 9.59 Å². The summed E-state index contributed by atoms with van der Waals surface area (Å²) in [5.41, 5.74) is 0.491. The molecule has 114 valence electrons. The summed E-state index contributed by atoms with van der Waals surface area (Å²) in [6.07, 6.45) is 1.99. The number of ether oxygens (including phenoxy) is 1. The number of hydrogen-bond acceptors (Lipinski definition) is 3. The Morgan fingerprint density at radius 3 is 2.76 bits per heavy atom. The van der Waals surface area contributed by atoms with E-state index in [4.69, 9.17) is 9.84 Å². The zero-order valence-corrected chi connectivity index (χ0v) is 13.4. The number of rotatable bonds is 4. The van der Waals surface area contributed by atoms with Crippen LogP contribution in [0.3, 0.4) is 0 Å². The highest BCUT2D eigenvalue weighted by atomic mass is 79.9. The van der Waals surface area contributed by atoms with E-state index in [1.807, 2.05) is 0 Å². The third-order valence-electron chi connectivity index (χ3n) is 3.43. The molecule has 1 atom stereocenters. The van der Waals surface area contributed by atoms with Crippen molar-refractivity contribution in [3.63, 3.8) is 0 Å². The van der Waals surface area contributed by atoms with Gasteiger partial charge in [-0.3, -0.25) is 4.79 Å². The van der Waals surface area contributed by atoms with Gasteiger partial charge in [-0.25, -0.2) is 4.79 Å². The first-order valence-corrected chi connectivity index (χ1v) is 7.75. The van der Waals surface area contributed by atoms with Gasteiger partial charge >= 0.3 is 5.97 Å². The predicted molar refractivity (Wildman–Crippen MR) is 81.7 cm³/mol. The first-order valence-electron chi connectivity index (χ1n) is 6.96. The molecule has 21 heavy (non-hydrogen) atoms. The van der Waals surface area contributed by atoms with E-state index >= 15 is 0 Å². The summed E-state index contributed by atoms with van der Waals surface area (Å²) in [7, 11) is 0. The zero-order chi connectivity index (χ0) is 15.4. The summed E-state index contributed by atoms with van der Waals surface area (Å²) in [4.78, 5) is 25.3. The van der Waals surface area contributed by atoms with Crippen LogP contribution in [0.1, 0.15) is 40.5 Å². The van der Waals surface area contributed by atoms with E-state index < -0.39 is 5.97 Å². The molecule has 0 bridgehead atoms. The Hall–Kier alpha value is -1.40. The van der Waals surface area contributed by atoms with Crippen molar-refractivity contribution >= 4 is 27.8 Å². The highest BCUT2D eigenvalue weighted by molar-refractivity contribution is 9.10. The number of halogens is 1. The summed E-state index contributed by atoms with van der Waals surface area (Å²) in [6, 6.07) is 4.55. The van der Waals surface area contributed by atoms with Gasteiger partial charge in [0.05, 0.1) is 18.3 Å². The lowest BCUT2D eigenvalue weighted by atomic mass is 10.1. The van der Waals surface area contributed by atoms with Gasteiger partial charge in [0.15, 0.2) is 0 Å². The van der Waals surface area contributed by atoms with E-state index in [0.29, 0.717) is 29.7 Å². The van der Waals surface area contributed by atoms with Crippen molar-refractivity contribution in [3.05, 3.63) is 33.8 Å². The van der Waals surface area contributed by atoms with E-state index in [2.05, 4.69) is 22.9 Å². The van der Waals surface area contributed by atoms with Crippen LogP contribution in [0.2, 0.25) is 0 Å². The molecule has 1 aromatic carbocycles. The predicted octanol–water partition coefficient (Wildman–Crippen LogP) is 2.79. The fourth-order valence-corrected chi connectivity index (χ4v) is 2.91. The van der Waals surface area contributed by atoms with Gasteiger partial charge in [-0.2, -0.15) is 0 Å². The molecule has 1 aliphatic rings. The Morgan fingerprint density at radius 2 is 2.10 bits per heavy atom. The van der Waals surface area contributed by atoms with Crippen molar-refractivity contribution < 1.29 is 19.4 Å². The van der Waals surface area contributed by atoms with Crippen LogP contribution in [0, 0.1) is 0 Å². The van der Waals surface area contributed by atoms with Gasteiger partial charge in [0.25, 0.3) is 5.91 Å². The van der Waals surface area contributed by atoms with Crippen molar-refractivity contribution in [2.24, 2.45) is 0 Å². The molecule has 6 heteroatoms. The molecular formula is C15H18BrNO4. The SMILES string of the molecule is CCCC1CN(C(=O)c2cc(Br)cc(C(=O)O)c2)CCO1. The second-order valence-corrected chi connectivity index (χ2v) is 5.98. The van der Waals surface area contributed by atoms with Crippen LogP contribution < -0.4 is 0 Å². The Balaban J connectivity index is 2.17. The van der Waals surface area contributed by atoms with Crippen LogP contribution in [-0.4, -0.2) is 47.7 Å². The number of morpholine rings is 1. The molecule has 0 spiro atoms. The minimum atomic E-state index is -1.05. The molecule has 1 fully saturated rings. The van der Waals surface area contributed by atoms with Gasteiger partial charge in [-0.05, 0) is 24.6 Å². The smallest absolute Gasteiger partial charge is 0.335 e. The van der Waals surface area contributed by atoms with E-state index in [1.54, 1.807) is 11.0 Å². The molecule has 0 aromatic heterocycles. The largest absolute Gasteiger partial charge is 0.478 e. The van der Waals surface area contributed by atoms with Gasteiger partial charge in [0.1, 0.15) is 0 Å². The molecule has 1 aromatic rings. The summed E-state index contributed by atoms with van der Waals surface area (Å²) >= 11 is 3.25. The number of benzene rings is 1. The third-order valence-corrected chi connectivity index (χ3v) is 3.89. The summed E-state index contributed by atoms with van der Waals surface area (Å²) in [5.74, 6) is -1.20. The minimum Gasteiger partial charge on any atom is -0.478 e. The standard InChI is InChI=1S/C15H18BrNO4/c1-2-3-13-9-17(4-5-21-13)14(18)10-6-11(15(19)20)8-12(16)7-10/h6-8,13H,2-5,9H2,1H3,(H,19,20). The third kappa shape index (κ3) is 4.04. The first-order chi connectivity index (χ1) is 10.0. The van der Waals surface area contributed by atoms with Crippen LogP contribution in [-0.2, 0) is 4.74 Å². The van der Waals surface area contributed by atoms with Gasteiger partial charge in [-0.1, -0.05) is 29.3 Å². The van der Waals surface area contributed by atoms with Crippen LogP contribution in [0.25, 0.3) is 0 Å². The van der Waals surface area contributed by atoms with Crippen LogP contribution in [0.5, 0.6) is 0 Å². The lowest BCUT2D eigenvalue weighted by Crippen LogP contribution is -2.45. The van der Waals surface area contributed by atoms with E-state index in [-0.39, 0.29) is 17.6 Å². The molecular weight excluding hydrogens is 338 g/mol. The number of carboxylic acid groups (broad SMARTS) is 1.